The van der Waals surface area contributed by atoms with Gasteiger partial charge in [0.15, 0.2) is 5.29 Å². The Morgan fingerprint density at radius 1 is 1.26 bits per heavy atom. The summed E-state index contributed by atoms with van der Waals surface area (Å²) >= 11 is 18.5. The molecule has 4 nitrogen and oxygen atoms in total. The lowest BCUT2D eigenvalue weighted by molar-refractivity contribution is 0.611. The highest BCUT2D eigenvalue weighted by molar-refractivity contribution is 6.67. The summed E-state index contributed by atoms with van der Waals surface area (Å²) in [6, 6.07) is 5.61. The predicted molar refractivity (Wildman–Crippen MR) is 94.9 cm³/mol. The zero-order valence-corrected chi connectivity index (χ0v) is 14.7. The number of imidazole rings is 1. The second kappa shape index (κ2) is 5.69. The van der Waals surface area contributed by atoms with E-state index in [2.05, 4.69) is 26.8 Å². The molecule has 1 saturated carbocycles. The van der Waals surface area contributed by atoms with Crippen LogP contribution in [-0.4, -0.2) is 14.8 Å². The summed E-state index contributed by atoms with van der Waals surface area (Å²) in [5, 5.41) is 4.84. The summed E-state index contributed by atoms with van der Waals surface area (Å²) in [4.78, 5) is 9.10. The highest BCUT2D eigenvalue weighted by atomic mass is 35.5. The van der Waals surface area contributed by atoms with Gasteiger partial charge in [-0.3, -0.25) is 0 Å². The van der Waals surface area contributed by atoms with Gasteiger partial charge in [-0.15, -0.1) is 0 Å². The zero-order chi connectivity index (χ0) is 16.1. The summed E-state index contributed by atoms with van der Waals surface area (Å²) in [5.74, 6) is 1.46. The highest BCUT2D eigenvalue weighted by Crippen LogP contribution is 2.47. The van der Waals surface area contributed by atoms with E-state index in [9.17, 15) is 0 Å². The fourth-order valence-corrected chi connectivity index (χ4v) is 3.82. The monoisotopic (exact) mass is 368 g/mol. The number of anilines is 1. The maximum absolute atomic E-state index is 6.35. The fourth-order valence-electron chi connectivity index (χ4n) is 3.06. The average molecular weight is 370 g/mol. The number of hydrogen-bond donors (Lipinski definition) is 1. The lowest BCUT2D eigenvalue weighted by Crippen LogP contribution is -2.20. The molecule has 1 aromatic heterocycles. The summed E-state index contributed by atoms with van der Waals surface area (Å²) in [6.45, 7) is 2.07. The Morgan fingerprint density at radius 3 is 2.74 bits per heavy atom. The summed E-state index contributed by atoms with van der Waals surface area (Å²) in [7, 11) is 0. The molecule has 2 aliphatic rings. The van der Waals surface area contributed by atoms with E-state index >= 15 is 0 Å². The van der Waals surface area contributed by atoms with E-state index < -0.39 is 0 Å². The number of nitrogens with zero attached hydrogens (tertiary/aromatic N) is 3. The van der Waals surface area contributed by atoms with E-state index in [0.717, 1.165) is 17.1 Å². The lowest BCUT2D eigenvalue weighted by Gasteiger charge is -2.23. The van der Waals surface area contributed by atoms with E-state index in [4.69, 9.17) is 34.8 Å². The fraction of sp³-hybridized carbons (Fsp3) is 0.375. The number of amidine groups is 1. The van der Waals surface area contributed by atoms with Crippen LogP contribution >= 0.6 is 34.8 Å². The van der Waals surface area contributed by atoms with Crippen molar-refractivity contribution in [3.05, 3.63) is 45.8 Å². The smallest absolute Gasteiger partial charge is 0.197 e. The van der Waals surface area contributed by atoms with Crippen molar-refractivity contribution in [2.75, 3.05) is 5.32 Å². The molecule has 0 spiro atoms. The first-order valence-electron chi connectivity index (χ1n) is 7.56. The predicted octanol–water partition coefficient (Wildman–Crippen LogP) is 5.27. The minimum atomic E-state index is 0.00550. The molecule has 0 amide bonds. The van der Waals surface area contributed by atoms with Crippen molar-refractivity contribution in [3.8, 4) is 0 Å². The third-order valence-corrected chi connectivity index (χ3v) is 5.23. The van der Waals surface area contributed by atoms with Gasteiger partial charge in [-0.25, -0.2) is 9.98 Å². The topological polar surface area (TPSA) is 42.2 Å². The van der Waals surface area contributed by atoms with Gasteiger partial charge in [-0.05, 0) is 55.0 Å². The van der Waals surface area contributed by atoms with Crippen LogP contribution in [0.3, 0.4) is 0 Å². The molecule has 0 radical (unpaired) electrons. The van der Waals surface area contributed by atoms with Crippen LogP contribution in [0.2, 0.25) is 10.0 Å². The Labute approximate surface area is 149 Å². The standard InChI is InChI=1S/C16H15Cl3N4/c1-8(11-5-4-10(17)6-12(11)18)23-7-20-14-13(9-2-3-9)21-16(19)22-15(14)23/h4-9,13H,2-3H2,1H3,(H,21,22)/t8-,13?/m1/s1. The molecule has 2 atom stereocenters. The molecule has 1 unspecified atom stereocenters. The number of aromatic nitrogens is 2. The number of rotatable bonds is 3. The Balaban J connectivity index is 1.74. The molecule has 2 heterocycles. The highest BCUT2D eigenvalue weighted by Gasteiger charge is 2.38. The van der Waals surface area contributed by atoms with Crippen LogP contribution in [-0.2, 0) is 0 Å². The van der Waals surface area contributed by atoms with Crippen molar-refractivity contribution < 1.29 is 0 Å². The van der Waals surface area contributed by atoms with Crippen LogP contribution < -0.4 is 5.32 Å². The van der Waals surface area contributed by atoms with Crippen LogP contribution in [0, 0.1) is 5.92 Å². The van der Waals surface area contributed by atoms with Crippen molar-refractivity contribution in [1.29, 1.82) is 0 Å². The number of benzene rings is 1. The van der Waals surface area contributed by atoms with E-state index in [1.165, 1.54) is 12.8 Å². The van der Waals surface area contributed by atoms with Crippen molar-refractivity contribution in [2.45, 2.75) is 31.8 Å². The SMILES string of the molecule is C[C@H](c1ccc(Cl)cc1Cl)n1cnc2c1NC(Cl)=NC2C1CC1. The zero-order valence-electron chi connectivity index (χ0n) is 12.4. The Morgan fingerprint density at radius 2 is 2.04 bits per heavy atom. The molecular formula is C16H15Cl3N4. The van der Waals surface area contributed by atoms with Crippen LogP contribution in [0.15, 0.2) is 29.5 Å². The minimum absolute atomic E-state index is 0.00550. The lowest BCUT2D eigenvalue weighted by atomic mass is 10.1. The number of fused-ring (bicyclic) bond motifs is 1. The van der Waals surface area contributed by atoms with E-state index in [0.29, 0.717) is 21.3 Å². The van der Waals surface area contributed by atoms with Crippen LogP contribution in [0.1, 0.15) is 43.1 Å². The number of halogens is 3. The van der Waals surface area contributed by atoms with Gasteiger partial charge >= 0.3 is 0 Å². The summed E-state index contributed by atoms with van der Waals surface area (Å²) in [6.07, 6.45) is 4.19. The third kappa shape index (κ3) is 2.73. The normalized spacial score (nSPS) is 21.4. The van der Waals surface area contributed by atoms with Gasteiger partial charge in [-0.1, -0.05) is 29.3 Å². The molecule has 120 valence electrons. The number of aliphatic imine (C=N–C) groups is 1. The van der Waals surface area contributed by atoms with E-state index in [-0.39, 0.29) is 12.1 Å². The molecule has 1 aliphatic carbocycles. The number of hydrogen-bond acceptors (Lipinski definition) is 3. The quantitative estimate of drug-likeness (QED) is 0.749. The van der Waals surface area contributed by atoms with Gasteiger partial charge in [0.05, 0.1) is 12.4 Å². The molecule has 4 rings (SSSR count). The Bertz CT molecular complexity index is 795. The summed E-state index contributed by atoms with van der Waals surface area (Å²) in [5.41, 5.74) is 1.95. The third-order valence-electron chi connectivity index (χ3n) is 4.47. The number of nitrogens with one attached hydrogen (secondary N) is 1. The second-order valence-corrected chi connectivity index (χ2v) is 7.26. The molecular weight excluding hydrogens is 355 g/mol. The summed E-state index contributed by atoms with van der Waals surface area (Å²) < 4.78 is 2.05. The van der Waals surface area contributed by atoms with Crippen LogP contribution in [0.4, 0.5) is 5.82 Å². The molecule has 1 fully saturated rings. The van der Waals surface area contributed by atoms with Gasteiger partial charge in [0, 0.05) is 10.0 Å². The molecule has 2 aromatic rings. The maximum Gasteiger partial charge on any atom is 0.197 e. The molecule has 1 aliphatic heterocycles. The Kier molecular flexibility index (Phi) is 3.79. The van der Waals surface area contributed by atoms with Crippen LogP contribution in [0.25, 0.3) is 0 Å². The second-order valence-electron chi connectivity index (χ2n) is 6.05. The van der Waals surface area contributed by atoms with Crippen LogP contribution in [0.5, 0.6) is 0 Å². The molecule has 1 aromatic carbocycles. The van der Waals surface area contributed by atoms with Gasteiger partial charge in [0.2, 0.25) is 0 Å². The van der Waals surface area contributed by atoms with Gasteiger partial charge in [-0.2, -0.15) is 0 Å². The first-order chi connectivity index (χ1) is 11.0. The van der Waals surface area contributed by atoms with Crippen molar-refractivity contribution >= 4 is 45.9 Å². The van der Waals surface area contributed by atoms with Gasteiger partial charge in [0.25, 0.3) is 0 Å². The molecule has 0 bridgehead atoms. The first-order valence-corrected chi connectivity index (χ1v) is 8.70. The molecule has 1 N–H and O–H groups in total. The van der Waals surface area contributed by atoms with E-state index in [1.54, 1.807) is 6.07 Å². The molecule has 23 heavy (non-hydrogen) atoms. The maximum atomic E-state index is 6.35. The molecule has 0 saturated heterocycles. The first kappa shape index (κ1) is 15.3. The Hall–Kier alpha value is -1.23. The van der Waals surface area contributed by atoms with Gasteiger partial charge < -0.3 is 9.88 Å². The van der Waals surface area contributed by atoms with Crippen molar-refractivity contribution in [3.63, 3.8) is 0 Å². The van der Waals surface area contributed by atoms with Crippen molar-refractivity contribution in [2.24, 2.45) is 10.9 Å². The van der Waals surface area contributed by atoms with Crippen molar-refractivity contribution in [1.82, 2.24) is 9.55 Å². The van der Waals surface area contributed by atoms with E-state index in [1.807, 2.05) is 18.5 Å². The molecule has 7 heteroatoms. The van der Waals surface area contributed by atoms with Gasteiger partial charge in [0.1, 0.15) is 17.6 Å². The average Bonchev–Trinajstić information content (AvgIpc) is 3.26. The minimum Gasteiger partial charge on any atom is -0.315 e. The largest absolute Gasteiger partial charge is 0.315 e.